The van der Waals surface area contributed by atoms with Gasteiger partial charge >= 0.3 is 5.97 Å². The van der Waals surface area contributed by atoms with Crippen LogP contribution in [0, 0.1) is 0 Å². The van der Waals surface area contributed by atoms with Gasteiger partial charge in [-0.2, -0.15) is 0 Å². The van der Waals surface area contributed by atoms with Gasteiger partial charge in [0.05, 0.1) is 0 Å². The Balaban J connectivity index is 2.47. The van der Waals surface area contributed by atoms with Gasteiger partial charge in [0.2, 0.25) is 0 Å². The lowest BCUT2D eigenvalue weighted by atomic mass is 9.87. The molecule has 100 valence electrons. The molecule has 0 aliphatic heterocycles. The minimum absolute atomic E-state index is 0.143. The standard InChI is InChI=1S/C14H22N2O2/c1-14(2,3)10-4-6-11(7-5-10)16-9-8-12(15)13(17)18/h4-7,12,16H,8-9,15H2,1-3H3,(H,17,18). The largest absolute Gasteiger partial charge is 0.480 e. The minimum Gasteiger partial charge on any atom is -0.480 e. The van der Waals surface area contributed by atoms with Crippen LogP contribution in [0.2, 0.25) is 0 Å². The van der Waals surface area contributed by atoms with Crippen LogP contribution in [-0.4, -0.2) is 23.7 Å². The first-order valence-electron chi connectivity index (χ1n) is 6.13. The van der Waals surface area contributed by atoms with Gasteiger partial charge in [0, 0.05) is 12.2 Å². The van der Waals surface area contributed by atoms with Gasteiger partial charge in [0.25, 0.3) is 0 Å². The van der Waals surface area contributed by atoms with Crippen LogP contribution in [0.1, 0.15) is 32.8 Å². The lowest BCUT2D eigenvalue weighted by Gasteiger charge is -2.19. The molecule has 1 aromatic rings. The molecule has 4 heteroatoms. The van der Waals surface area contributed by atoms with Crippen molar-refractivity contribution in [3.63, 3.8) is 0 Å². The van der Waals surface area contributed by atoms with E-state index in [0.29, 0.717) is 13.0 Å². The third-order valence-corrected chi connectivity index (χ3v) is 2.85. The van der Waals surface area contributed by atoms with E-state index in [1.54, 1.807) is 0 Å². The van der Waals surface area contributed by atoms with E-state index in [0.717, 1.165) is 5.69 Å². The SMILES string of the molecule is CC(C)(C)c1ccc(NCCC(N)C(=O)O)cc1. The first kappa shape index (κ1) is 14.5. The van der Waals surface area contributed by atoms with E-state index in [-0.39, 0.29) is 5.41 Å². The summed E-state index contributed by atoms with van der Waals surface area (Å²) in [4.78, 5) is 10.5. The second kappa shape index (κ2) is 5.87. The third kappa shape index (κ3) is 4.37. The topological polar surface area (TPSA) is 75.3 Å². The van der Waals surface area contributed by atoms with E-state index < -0.39 is 12.0 Å². The smallest absolute Gasteiger partial charge is 0.320 e. The van der Waals surface area contributed by atoms with E-state index in [4.69, 9.17) is 10.8 Å². The van der Waals surface area contributed by atoms with Crippen LogP contribution >= 0.6 is 0 Å². The Bertz CT molecular complexity index is 393. The van der Waals surface area contributed by atoms with Crippen molar-refractivity contribution >= 4 is 11.7 Å². The van der Waals surface area contributed by atoms with Crippen LogP contribution in [-0.2, 0) is 10.2 Å². The zero-order chi connectivity index (χ0) is 13.8. The Labute approximate surface area is 108 Å². The number of carboxylic acid groups (broad SMARTS) is 1. The highest BCUT2D eigenvalue weighted by Gasteiger charge is 2.13. The average Bonchev–Trinajstić information content (AvgIpc) is 2.28. The van der Waals surface area contributed by atoms with Gasteiger partial charge in [-0.3, -0.25) is 4.79 Å². The summed E-state index contributed by atoms with van der Waals surface area (Å²) < 4.78 is 0. The van der Waals surface area contributed by atoms with Crippen molar-refractivity contribution in [1.29, 1.82) is 0 Å². The molecule has 0 fully saturated rings. The minimum atomic E-state index is -0.958. The molecular formula is C14H22N2O2. The first-order chi connectivity index (χ1) is 8.30. The van der Waals surface area contributed by atoms with Gasteiger partial charge in [0.15, 0.2) is 0 Å². The first-order valence-corrected chi connectivity index (χ1v) is 6.13. The maximum absolute atomic E-state index is 10.5. The number of aliphatic carboxylic acids is 1. The van der Waals surface area contributed by atoms with Crippen LogP contribution in [0.4, 0.5) is 5.69 Å². The van der Waals surface area contributed by atoms with Crippen molar-refractivity contribution in [2.45, 2.75) is 38.6 Å². The lowest BCUT2D eigenvalue weighted by molar-refractivity contribution is -0.138. The van der Waals surface area contributed by atoms with Crippen LogP contribution in [0.15, 0.2) is 24.3 Å². The summed E-state index contributed by atoms with van der Waals surface area (Å²) in [6.07, 6.45) is 0.413. The molecule has 0 bridgehead atoms. The predicted octanol–water partition coefficient (Wildman–Crippen LogP) is 2.20. The monoisotopic (exact) mass is 250 g/mol. The number of hydrogen-bond donors (Lipinski definition) is 3. The van der Waals surface area contributed by atoms with Crippen molar-refractivity contribution < 1.29 is 9.90 Å². The Morgan fingerprint density at radius 2 is 1.89 bits per heavy atom. The summed E-state index contributed by atoms with van der Waals surface area (Å²) in [6.45, 7) is 7.06. The van der Waals surface area contributed by atoms with E-state index in [2.05, 4.69) is 38.2 Å². The maximum atomic E-state index is 10.5. The molecule has 0 aliphatic rings. The molecular weight excluding hydrogens is 228 g/mol. The normalized spacial score (nSPS) is 13.1. The third-order valence-electron chi connectivity index (χ3n) is 2.85. The summed E-state index contributed by atoms with van der Waals surface area (Å²) in [5.41, 5.74) is 7.83. The Morgan fingerprint density at radius 3 is 2.33 bits per heavy atom. The molecule has 18 heavy (non-hydrogen) atoms. The highest BCUT2D eigenvalue weighted by Crippen LogP contribution is 2.23. The van der Waals surface area contributed by atoms with Crippen LogP contribution in [0.5, 0.6) is 0 Å². The molecule has 0 aliphatic carbocycles. The van der Waals surface area contributed by atoms with Crippen molar-refractivity contribution in [2.75, 3.05) is 11.9 Å². The Hall–Kier alpha value is -1.55. The van der Waals surface area contributed by atoms with Crippen LogP contribution < -0.4 is 11.1 Å². The molecule has 1 unspecified atom stereocenters. The summed E-state index contributed by atoms with van der Waals surface area (Å²) in [6, 6.07) is 7.38. The quantitative estimate of drug-likeness (QED) is 0.749. The highest BCUT2D eigenvalue weighted by molar-refractivity contribution is 5.73. The Kier molecular flexibility index (Phi) is 4.73. The summed E-state index contributed by atoms with van der Waals surface area (Å²) in [5.74, 6) is -0.958. The van der Waals surface area contributed by atoms with Gasteiger partial charge in [-0.25, -0.2) is 0 Å². The van der Waals surface area contributed by atoms with E-state index >= 15 is 0 Å². The fraction of sp³-hybridized carbons (Fsp3) is 0.500. The second-order valence-corrected chi connectivity index (χ2v) is 5.49. The van der Waals surface area contributed by atoms with Crippen LogP contribution in [0.25, 0.3) is 0 Å². The van der Waals surface area contributed by atoms with Gasteiger partial charge in [-0.15, -0.1) is 0 Å². The average molecular weight is 250 g/mol. The Morgan fingerprint density at radius 1 is 1.33 bits per heavy atom. The fourth-order valence-corrected chi connectivity index (χ4v) is 1.58. The fourth-order valence-electron chi connectivity index (χ4n) is 1.58. The molecule has 0 saturated heterocycles. The van der Waals surface area contributed by atoms with E-state index in [1.807, 2.05) is 12.1 Å². The molecule has 1 aromatic carbocycles. The summed E-state index contributed by atoms with van der Waals surface area (Å²) in [7, 11) is 0. The number of nitrogens with one attached hydrogen (secondary N) is 1. The number of carboxylic acids is 1. The molecule has 4 N–H and O–H groups in total. The van der Waals surface area contributed by atoms with Crippen molar-refractivity contribution in [2.24, 2.45) is 5.73 Å². The molecule has 0 radical (unpaired) electrons. The van der Waals surface area contributed by atoms with Crippen molar-refractivity contribution in [3.8, 4) is 0 Å². The van der Waals surface area contributed by atoms with Gasteiger partial charge in [-0.05, 0) is 29.5 Å². The predicted molar refractivity (Wildman–Crippen MR) is 73.9 cm³/mol. The highest BCUT2D eigenvalue weighted by atomic mass is 16.4. The lowest BCUT2D eigenvalue weighted by Crippen LogP contribution is -2.32. The number of nitrogens with two attached hydrogens (primary N) is 1. The maximum Gasteiger partial charge on any atom is 0.320 e. The van der Waals surface area contributed by atoms with Gasteiger partial charge in [0.1, 0.15) is 6.04 Å². The summed E-state index contributed by atoms with van der Waals surface area (Å²) in [5, 5.41) is 11.8. The zero-order valence-electron chi connectivity index (χ0n) is 11.2. The number of carbonyl (C=O) groups is 1. The number of anilines is 1. The molecule has 0 aromatic heterocycles. The molecule has 0 spiro atoms. The molecule has 0 amide bonds. The van der Waals surface area contributed by atoms with E-state index in [1.165, 1.54) is 5.56 Å². The second-order valence-electron chi connectivity index (χ2n) is 5.49. The van der Waals surface area contributed by atoms with E-state index in [9.17, 15) is 4.79 Å². The molecule has 0 heterocycles. The molecule has 0 saturated carbocycles. The molecule has 4 nitrogen and oxygen atoms in total. The zero-order valence-corrected chi connectivity index (χ0v) is 11.2. The van der Waals surface area contributed by atoms with Gasteiger partial charge in [-0.1, -0.05) is 32.9 Å². The van der Waals surface area contributed by atoms with Gasteiger partial charge < -0.3 is 16.2 Å². The number of benzene rings is 1. The van der Waals surface area contributed by atoms with Crippen molar-refractivity contribution in [3.05, 3.63) is 29.8 Å². The number of hydrogen-bond acceptors (Lipinski definition) is 3. The molecule has 1 rings (SSSR count). The van der Waals surface area contributed by atoms with Crippen molar-refractivity contribution in [1.82, 2.24) is 0 Å². The number of rotatable bonds is 5. The van der Waals surface area contributed by atoms with Crippen LogP contribution in [0.3, 0.4) is 0 Å². The summed E-state index contributed by atoms with van der Waals surface area (Å²) >= 11 is 0. The molecule has 1 atom stereocenters.